The average molecular weight is 297 g/mol. The third-order valence-electron chi connectivity index (χ3n) is 4.13. The molecule has 2 rings (SSSR count). The highest BCUT2D eigenvalue weighted by Gasteiger charge is 2.46. The topological polar surface area (TPSA) is 83.5 Å². The minimum absolute atomic E-state index is 0.208. The van der Waals surface area contributed by atoms with Gasteiger partial charge in [0.2, 0.25) is 10.0 Å². The molecule has 0 amide bonds. The first-order chi connectivity index (χ1) is 9.27. The zero-order valence-corrected chi connectivity index (χ0v) is 12.4. The van der Waals surface area contributed by atoms with Crippen molar-refractivity contribution in [2.45, 2.75) is 44.0 Å². The van der Waals surface area contributed by atoms with Crippen LogP contribution in [-0.2, 0) is 14.8 Å². The molecule has 6 heteroatoms. The molecule has 1 aliphatic carbocycles. The summed E-state index contributed by atoms with van der Waals surface area (Å²) >= 11 is 0. The second-order valence-corrected chi connectivity index (χ2v) is 7.24. The lowest BCUT2D eigenvalue weighted by molar-refractivity contribution is -0.148. The molecule has 5 nitrogen and oxygen atoms in total. The van der Waals surface area contributed by atoms with Crippen LogP contribution in [0.5, 0.6) is 0 Å². The van der Waals surface area contributed by atoms with Crippen LogP contribution in [0.25, 0.3) is 0 Å². The Morgan fingerprint density at radius 2 is 2.05 bits per heavy atom. The smallest absolute Gasteiger partial charge is 0.310 e. The van der Waals surface area contributed by atoms with E-state index in [4.69, 9.17) is 0 Å². The van der Waals surface area contributed by atoms with Gasteiger partial charge in [0, 0.05) is 6.04 Å². The van der Waals surface area contributed by atoms with Crippen LogP contribution in [0.15, 0.2) is 29.2 Å². The van der Waals surface area contributed by atoms with Crippen LogP contribution in [-0.4, -0.2) is 25.5 Å². The molecule has 0 radical (unpaired) electrons. The molecule has 1 aromatic carbocycles. The van der Waals surface area contributed by atoms with Crippen molar-refractivity contribution in [3.05, 3.63) is 29.8 Å². The fourth-order valence-electron chi connectivity index (χ4n) is 2.72. The number of aryl methyl sites for hydroxylation is 1. The predicted molar refractivity (Wildman–Crippen MR) is 74.9 cm³/mol. The van der Waals surface area contributed by atoms with Gasteiger partial charge in [-0.05, 0) is 38.3 Å². The molecule has 1 fully saturated rings. The van der Waals surface area contributed by atoms with Crippen LogP contribution < -0.4 is 4.72 Å². The Bertz CT molecular complexity index is 626. The first kappa shape index (κ1) is 15.0. The molecular formula is C14H19NO4S. The van der Waals surface area contributed by atoms with Crippen LogP contribution in [0.3, 0.4) is 0 Å². The third-order valence-corrected chi connectivity index (χ3v) is 5.76. The van der Waals surface area contributed by atoms with Crippen LogP contribution in [0, 0.1) is 12.3 Å². The van der Waals surface area contributed by atoms with E-state index in [0.717, 1.165) is 0 Å². The van der Waals surface area contributed by atoms with Gasteiger partial charge in [-0.15, -0.1) is 0 Å². The summed E-state index contributed by atoms with van der Waals surface area (Å²) < 4.78 is 27.4. The van der Waals surface area contributed by atoms with Crippen molar-refractivity contribution in [2.24, 2.45) is 5.41 Å². The molecule has 0 spiro atoms. The molecule has 0 aromatic heterocycles. The minimum atomic E-state index is -3.69. The molecule has 1 saturated carbocycles. The summed E-state index contributed by atoms with van der Waals surface area (Å²) in [4.78, 5) is 11.6. The summed E-state index contributed by atoms with van der Waals surface area (Å²) in [7, 11) is -3.69. The SMILES string of the molecule is Cc1ccccc1S(=O)(=O)NC1CCCC1(C)C(=O)O. The van der Waals surface area contributed by atoms with E-state index in [2.05, 4.69) is 4.72 Å². The van der Waals surface area contributed by atoms with E-state index in [0.29, 0.717) is 24.8 Å². The van der Waals surface area contributed by atoms with Crippen molar-refractivity contribution >= 4 is 16.0 Å². The van der Waals surface area contributed by atoms with Gasteiger partial charge in [0.15, 0.2) is 0 Å². The summed E-state index contributed by atoms with van der Waals surface area (Å²) in [5, 5.41) is 9.33. The van der Waals surface area contributed by atoms with Gasteiger partial charge < -0.3 is 5.11 Å². The molecule has 0 aliphatic heterocycles. The lowest BCUT2D eigenvalue weighted by Gasteiger charge is -2.27. The second-order valence-electron chi connectivity index (χ2n) is 5.55. The maximum Gasteiger partial charge on any atom is 0.310 e. The summed E-state index contributed by atoms with van der Waals surface area (Å²) in [6.45, 7) is 3.33. The lowest BCUT2D eigenvalue weighted by Crippen LogP contribution is -2.47. The minimum Gasteiger partial charge on any atom is -0.481 e. The molecule has 0 saturated heterocycles. The fraction of sp³-hybridized carbons (Fsp3) is 0.500. The van der Waals surface area contributed by atoms with E-state index in [-0.39, 0.29) is 4.90 Å². The number of sulfonamides is 1. The number of benzene rings is 1. The van der Waals surface area contributed by atoms with E-state index in [1.54, 1.807) is 32.0 Å². The zero-order chi connectivity index (χ0) is 15.0. The first-order valence-electron chi connectivity index (χ1n) is 6.59. The third kappa shape index (κ3) is 2.58. The predicted octanol–water partition coefficient (Wildman–Crippen LogP) is 1.92. The largest absolute Gasteiger partial charge is 0.481 e. The maximum absolute atomic E-state index is 12.4. The van der Waals surface area contributed by atoms with Crippen LogP contribution in [0.2, 0.25) is 0 Å². The number of carboxylic acid groups (broad SMARTS) is 1. The van der Waals surface area contributed by atoms with Gasteiger partial charge in [-0.3, -0.25) is 4.79 Å². The molecule has 0 heterocycles. The Morgan fingerprint density at radius 1 is 1.40 bits per heavy atom. The van der Waals surface area contributed by atoms with Crippen LogP contribution in [0.1, 0.15) is 31.7 Å². The molecule has 20 heavy (non-hydrogen) atoms. The molecular weight excluding hydrogens is 278 g/mol. The molecule has 2 N–H and O–H groups in total. The Balaban J connectivity index is 2.30. The number of carbonyl (C=O) groups is 1. The van der Waals surface area contributed by atoms with Gasteiger partial charge in [-0.2, -0.15) is 0 Å². The molecule has 0 bridgehead atoms. The van der Waals surface area contributed by atoms with Gasteiger partial charge in [0.1, 0.15) is 0 Å². The molecule has 1 aliphatic rings. The van der Waals surface area contributed by atoms with Gasteiger partial charge in [-0.25, -0.2) is 13.1 Å². The zero-order valence-electron chi connectivity index (χ0n) is 11.6. The highest BCUT2D eigenvalue weighted by atomic mass is 32.2. The van der Waals surface area contributed by atoms with E-state index >= 15 is 0 Å². The Hall–Kier alpha value is -1.40. The summed E-state index contributed by atoms with van der Waals surface area (Å²) in [6.07, 6.45) is 1.75. The normalized spacial score (nSPS) is 26.6. The van der Waals surface area contributed by atoms with Crippen molar-refractivity contribution in [1.82, 2.24) is 4.72 Å². The lowest BCUT2D eigenvalue weighted by atomic mass is 9.85. The second kappa shape index (κ2) is 5.18. The number of carboxylic acids is 1. The monoisotopic (exact) mass is 297 g/mol. The highest BCUT2D eigenvalue weighted by Crippen LogP contribution is 2.39. The van der Waals surface area contributed by atoms with Gasteiger partial charge >= 0.3 is 5.97 Å². The molecule has 1 aromatic rings. The van der Waals surface area contributed by atoms with E-state index in [9.17, 15) is 18.3 Å². The number of rotatable bonds is 4. The summed E-state index contributed by atoms with van der Waals surface area (Å²) in [5.41, 5.74) is -0.384. The van der Waals surface area contributed by atoms with E-state index in [1.165, 1.54) is 6.07 Å². The molecule has 2 atom stereocenters. The Morgan fingerprint density at radius 3 is 2.65 bits per heavy atom. The van der Waals surface area contributed by atoms with Crippen molar-refractivity contribution < 1.29 is 18.3 Å². The Kier molecular flexibility index (Phi) is 3.88. The Labute approximate surface area is 119 Å². The average Bonchev–Trinajstić information content (AvgIpc) is 2.72. The number of hydrogen-bond donors (Lipinski definition) is 2. The number of aliphatic carboxylic acids is 1. The summed E-state index contributed by atoms with van der Waals surface area (Å²) in [5.74, 6) is -0.951. The number of hydrogen-bond acceptors (Lipinski definition) is 3. The van der Waals surface area contributed by atoms with E-state index in [1.807, 2.05) is 0 Å². The maximum atomic E-state index is 12.4. The summed E-state index contributed by atoms with van der Waals surface area (Å²) in [6, 6.07) is 6.12. The number of nitrogens with one attached hydrogen (secondary N) is 1. The van der Waals surface area contributed by atoms with Gasteiger partial charge in [0.25, 0.3) is 0 Å². The standard InChI is InChI=1S/C14H19NO4S/c1-10-6-3-4-7-11(10)20(18,19)15-12-8-5-9-14(12,2)13(16)17/h3-4,6-7,12,15H,5,8-9H2,1-2H3,(H,16,17). The van der Waals surface area contributed by atoms with Crippen molar-refractivity contribution in [3.8, 4) is 0 Å². The van der Waals surface area contributed by atoms with Crippen molar-refractivity contribution in [1.29, 1.82) is 0 Å². The quantitative estimate of drug-likeness (QED) is 0.889. The fourth-order valence-corrected chi connectivity index (χ4v) is 4.35. The highest BCUT2D eigenvalue weighted by molar-refractivity contribution is 7.89. The van der Waals surface area contributed by atoms with Crippen molar-refractivity contribution in [2.75, 3.05) is 0 Å². The van der Waals surface area contributed by atoms with Crippen LogP contribution in [0.4, 0.5) is 0 Å². The van der Waals surface area contributed by atoms with E-state index < -0.39 is 27.4 Å². The van der Waals surface area contributed by atoms with Gasteiger partial charge in [0.05, 0.1) is 10.3 Å². The molecule has 110 valence electrons. The van der Waals surface area contributed by atoms with Gasteiger partial charge in [-0.1, -0.05) is 24.6 Å². The van der Waals surface area contributed by atoms with Crippen molar-refractivity contribution in [3.63, 3.8) is 0 Å². The first-order valence-corrected chi connectivity index (χ1v) is 8.07. The van der Waals surface area contributed by atoms with Crippen LogP contribution >= 0.6 is 0 Å². The molecule has 2 unspecified atom stereocenters.